The van der Waals surface area contributed by atoms with Gasteiger partial charge < -0.3 is 20.9 Å². The number of amides is 1. The second-order valence-corrected chi connectivity index (χ2v) is 8.23. The maximum absolute atomic E-state index is 12.0. The van der Waals surface area contributed by atoms with Crippen LogP contribution in [0.25, 0.3) is 0 Å². The van der Waals surface area contributed by atoms with Crippen LogP contribution in [0.5, 0.6) is 0 Å². The summed E-state index contributed by atoms with van der Waals surface area (Å²) in [6, 6.07) is 8.68. The molecule has 2 aliphatic rings. The molecule has 0 aliphatic carbocycles. The van der Waals surface area contributed by atoms with Gasteiger partial charge in [0, 0.05) is 50.2 Å². The maximum Gasteiger partial charge on any atom is 0.225 e. The van der Waals surface area contributed by atoms with E-state index in [9.17, 15) is 4.79 Å². The molecule has 7 heteroatoms. The van der Waals surface area contributed by atoms with E-state index in [1.165, 1.54) is 24.9 Å². The van der Waals surface area contributed by atoms with Crippen LogP contribution in [0.3, 0.4) is 0 Å². The molecule has 6 nitrogen and oxygen atoms in total. The third-order valence-electron chi connectivity index (χ3n) is 5.75. The number of likely N-dealkylation sites (tertiary alicyclic amines) is 1. The molecule has 162 valence electrons. The number of anilines is 1. The first-order chi connectivity index (χ1) is 13.6. The quantitative estimate of drug-likeness (QED) is 0.310. The highest BCUT2D eigenvalue weighted by Crippen LogP contribution is 2.31. The number of nitrogens with zero attached hydrogens (tertiary/aromatic N) is 2. The first-order valence-electron chi connectivity index (χ1n) is 10.7. The zero-order valence-electron chi connectivity index (χ0n) is 17.9. The van der Waals surface area contributed by atoms with Gasteiger partial charge in [0.05, 0.1) is 0 Å². The summed E-state index contributed by atoms with van der Waals surface area (Å²) in [6.45, 7) is 11.4. The highest BCUT2D eigenvalue weighted by molar-refractivity contribution is 14.0. The van der Waals surface area contributed by atoms with E-state index in [0.29, 0.717) is 24.9 Å². The zero-order valence-corrected chi connectivity index (χ0v) is 20.2. The number of piperidine rings is 1. The van der Waals surface area contributed by atoms with Gasteiger partial charge >= 0.3 is 0 Å². The van der Waals surface area contributed by atoms with Crippen LogP contribution in [0.1, 0.15) is 51.5 Å². The van der Waals surface area contributed by atoms with Gasteiger partial charge in [-0.05, 0) is 57.7 Å². The minimum Gasteiger partial charge on any atom is -0.357 e. The van der Waals surface area contributed by atoms with E-state index >= 15 is 0 Å². The van der Waals surface area contributed by atoms with Crippen LogP contribution in [0, 0.1) is 5.92 Å². The lowest BCUT2D eigenvalue weighted by Crippen LogP contribution is -2.43. The summed E-state index contributed by atoms with van der Waals surface area (Å²) in [5.41, 5.74) is 2.13. The van der Waals surface area contributed by atoms with E-state index in [4.69, 9.17) is 4.99 Å². The summed E-state index contributed by atoms with van der Waals surface area (Å²) in [6.07, 6.45) is 3.02. The first-order valence-corrected chi connectivity index (χ1v) is 10.7. The number of carbonyl (C=O) groups excluding carboxylic acids is 1. The number of guanidine groups is 1. The van der Waals surface area contributed by atoms with Crippen molar-refractivity contribution < 1.29 is 4.79 Å². The van der Waals surface area contributed by atoms with Gasteiger partial charge in [-0.1, -0.05) is 18.2 Å². The fraction of sp³-hybridized carbons (Fsp3) is 0.636. The van der Waals surface area contributed by atoms with Crippen molar-refractivity contribution in [3.63, 3.8) is 0 Å². The fourth-order valence-electron chi connectivity index (χ4n) is 4.18. The number of carbonyl (C=O) groups is 1. The molecule has 2 atom stereocenters. The summed E-state index contributed by atoms with van der Waals surface area (Å²) in [5.74, 6) is 1.73. The molecule has 1 saturated heterocycles. The van der Waals surface area contributed by atoms with Crippen molar-refractivity contribution in [1.82, 2.24) is 15.5 Å². The maximum atomic E-state index is 12.0. The van der Waals surface area contributed by atoms with Gasteiger partial charge in [-0.15, -0.1) is 24.0 Å². The van der Waals surface area contributed by atoms with Crippen molar-refractivity contribution >= 4 is 41.5 Å². The monoisotopic (exact) mass is 513 g/mol. The molecule has 3 N–H and O–H groups in total. The summed E-state index contributed by atoms with van der Waals surface area (Å²) >= 11 is 0. The number of aliphatic imine (C=N–C) groups is 1. The molecule has 1 aromatic carbocycles. The summed E-state index contributed by atoms with van der Waals surface area (Å²) in [5, 5.41) is 9.79. The summed E-state index contributed by atoms with van der Waals surface area (Å²) < 4.78 is 0. The van der Waals surface area contributed by atoms with E-state index in [2.05, 4.69) is 47.7 Å². The van der Waals surface area contributed by atoms with Gasteiger partial charge in [-0.3, -0.25) is 9.79 Å². The van der Waals surface area contributed by atoms with Crippen molar-refractivity contribution in [2.75, 3.05) is 38.0 Å². The highest BCUT2D eigenvalue weighted by atomic mass is 127. The number of halogens is 1. The Bertz CT molecular complexity index is 694. The molecule has 0 bridgehead atoms. The predicted molar refractivity (Wildman–Crippen MR) is 131 cm³/mol. The Labute approximate surface area is 192 Å². The summed E-state index contributed by atoms with van der Waals surface area (Å²) in [7, 11) is 0. The van der Waals surface area contributed by atoms with Crippen molar-refractivity contribution in [2.45, 2.75) is 52.0 Å². The average Bonchev–Trinajstić information content (AvgIpc) is 2.70. The van der Waals surface area contributed by atoms with Gasteiger partial charge in [0.15, 0.2) is 5.96 Å². The standard InChI is InChI=1S/C22H35N5O.HI/c1-4-23-22(24-13-17-8-7-11-27(15-17)16(2)3)25-14-18-12-21(28)26-20-10-6-5-9-19(18)20;/h5-6,9-10,16-18H,4,7-8,11-15H2,1-3H3,(H,26,28)(H2,23,24,25);1H. The molecule has 0 radical (unpaired) electrons. The van der Waals surface area contributed by atoms with Crippen LogP contribution in [0.2, 0.25) is 0 Å². The van der Waals surface area contributed by atoms with Crippen LogP contribution in [0.4, 0.5) is 5.69 Å². The van der Waals surface area contributed by atoms with E-state index < -0.39 is 0 Å². The van der Waals surface area contributed by atoms with Gasteiger partial charge in [-0.2, -0.15) is 0 Å². The third-order valence-corrected chi connectivity index (χ3v) is 5.75. The lowest BCUT2D eigenvalue weighted by atomic mass is 9.90. The summed E-state index contributed by atoms with van der Waals surface area (Å²) in [4.78, 5) is 19.4. The molecule has 2 unspecified atom stereocenters. The van der Waals surface area contributed by atoms with Crippen molar-refractivity contribution in [1.29, 1.82) is 0 Å². The molecule has 1 amide bonds. The van der Waals surface area contributed by atoms with Crippen LogP contribution >= 0.6 is 24.0 Å². The molecular formula is C22H36IN5O. The highest BCUT2D eigenvalue weighted by Gasteiger charge is 2.25. The minimum absolute atomic E-state index is 0. The second kappa shape index (κ2) is 11.7. The smallest absolute Gasteiger partial charge is 0.225 e. The third kappa shape index (κ3) is 6.84. The van der Waals surface area contributed by atoms with Crippen molar-refractivity contribution in [2.24, 2.45) is 10.9 Å². The average molecular weight is 513 g/mol. The number of hydrogen-bond acceptors (Lipinski definition) is 3. The molecule has 3 rings (SSSR count). The first kappa shape index (κ1) is 23.9. The number of nitrogens with one attached hydrogen (secondary N) is 3. The van der Waals surface area contributed by atoms with Crippen molar-refractivity contribution in [3.8, 4) is 0 Å². The fourth-order valence-corrected chi connectivity index (χ4v) is 4.18. The number of benzene rings is 1. The van der Waals surface area contributed by atoms with Crippen LogP contribution in [-0.2, 0) is 4.79 Å². The van der Waals surface area contributed by atoms with Gasteiger partial charge in [0.2, 0.25) is 5.91 Å². The molecule has 0 aromatic heterocycles. The Morgan fingerprint density at radius 2 is 2.10 bits per heavy atom. The van der Waals surface area contributed by atoms with Gasteiger partial charge in [0.25, 0.3) is 0 Å². The molecule has 0 saturated carbocycles. The van der Waals surface area contributed by atoms with Crippen LogP contribution < -0.4 is 16.0 Å². The predicted octanol–water partition coefficient (Wildman–Crippen LogP) is 3.41. The number of para-hydroxylation sites is 1. The van der Waals surface area contributed by atoms with Crippen LogP contribution in [0.15, 0.2) is 29.3 Å². The van der Waals surface area contributed by atoms with Crippen LogP contribution in [-0.4, -0.2) is 55.5 Å². The van der Waals surface area contributed by atoms with Crippen molar-refractivity contribution in [3.05, 3.63) is 29.8 Å². The molecule has 29 heavy (non-hydrogen) atoms. The number of hydrogen-bond donors (Lipinski definition) is 3. The molecular weight excluding hydrogens is 477 g/mol. The Morgan fingerprint density at radius 1 is 1.31 bits per heavy atom. The van der Waals surface area contributed by atoms with Gasteiger partial charge in [-0.25, -0.2) is 0 Å². The molecule has 0 spiro atoms. The van der Waals surface area contributed by atoms with Gasteiger partial charge in [0.1, 0.15) is 0 Å². The van der Waals surface area contributed by atoms with E-state index in [-0.39, 0.29) is 35.8 Å². The largest absolute Gasteiger partial charge is 0.357 e. The number of rotatable bonds is 6. The topological polar surface area (TPSA) is 68.8 Å². The zero-order chi connectivity index (χ0) is 19.9. The second-order valence-electron chi connectivity index (χ2n) is 8.23. The van der Waals surface area contributed by atoms with E-state index in [0.717, 1.165) is 31.3 Å². The lowest BCUT2D eigenvalue weighted by molar-refractivity contribution is -0.116. The molecule has 1 aromatic rings. The van der Waals surface area contributed by atoms with E-state index in [1.54, 1.807) is 0 Å². The SMILES string of the molecule is CCNC(=NCC1CCCN(C(C)C)C1)NCC1CC(=O)Nc2ccccc21.I. The molecule has 2 heterocycles. The Morgan fingerprint density at radius 3 is 2.86 bits per heavy atom. The normalized spacial score (nSPS) is 22.5. The lowest BCUT2D eigenvalue weighted by Gasteiger charge is -2.35. The molecule has 1 fully saturated rings. The minimum atomic E-state index is 0. The Balaban J connectivity index is 0.00000300. The number of fused-ring (bicyclic) bond motifs is 1. The Hall–Kier alpha value is -1.35. The van der Waals surface area contributed by atoms with E-state index in [1.807, 2.05) is 18.2 Å². The Kier molecular flexibility index (Phi) is 9.68. The molecule has 2 aliphatic heterocycles.